The zero-order chi connectivity index (χ0) is 23.5. The molecule has 0 radical (unpaired) electrons. The summed E-state index contributed by atoms with van der Waals surface area (Å²) in [5.41, 5.74) is 3.75. The average molecular weight is 462 g/mol. The van der Waals surface area contributed by atoms with Crippen LogP contribution in [0.25, 0.3) is 22.4 Å². The van der Waals surface area contributed by atoms with Crippen LogP contribution in [0.5, 0.6) is 5.75 Å². The molecular formula is C26H28FN5O2. The number of morpholine rings is 1. The molecule has 4 aromatic rings. The smallest absolute Gasteiger partial charge is 0.159 e. The highest BCUT2D eigenvalue weighted by atomic mass is 19.1. The summed E-state index contributed by atoms with van der Waals surface area (Å²) in [5, 5.41) is 0. The molecule has 1 saturated heterocycles. The number of benzene rings is 2. The van der Waals surface area contributed by atoms with Gasteiger partial charge in [-0.2, -0.15) is 0 Å². The van der Waals surface area contributed by atoms with E-state index in [1.54, 1.807) is 25.4 Å². The maximum absolute atomic E-state index is 14.9. The fourth-order valence-electron chi connectivity index (χ4n) is 4.24. The number of fused-ring (bicyclic) bond motifs is 1. The van der Waals surface area contributed by atoms with Crippen molar-refractivity contribution in [3.63, 3.8) is 0 Å². The lowest BCUT2D eigenvalue weighted by Crippen LogP contribution is -2.38. The fraction of sp³-hybridized carbons (Fsp3) is 0.346. The van der Waals surface area contributed by atoms with Crippen LogP contribution in [0.3, 0.4) is 0 Å². The summed E-state index contributed by atoms with van der Waals surface area (Å²) in [6.07, 6.45) is 3.42. The SMILES string of the molecule is Cc1ccc2nc(C)n(Cc3cccc(-c4ncc(OCCN5CCOCC5)cn4)c3)c2c1F. The number of rotatable bonds is 7. The number of hydrogen-bond acceptors (Lipinski definition) is 6. The number of ether oxygens (including phenoxy) is 2. The number of aromatic nitrogens is 4. The Balaban J connectivity index is 1.28. The summed E-state index contributed by atoms with van der Waals surface area (Å²) < 4.78 is 28.0. The van der Waals surface area contributed by atoms with Gasteiger partial charge in [-0.1, -0.05) is 24.3 Å². The Kier molecular flexibility index (Phi) is 6.51. The van der Waals surface area contributed by atoms with Crippen molar-refractivity contribution in [2.75, 3.05) is 39.5 Å². The molecule has 34 heavy (non-hydrogen) atoms. The molecule has 2 aromatic carbocycles. The second-order valence-corrected chi connectivity index (χ2v) is 8.55. The molecule has 1 aliphatic rings. The van der Waals surface area contributed by atoms with E-state index in [1.165, 1.54) is 0 Å². The van der Waals surface area contributed by atoms with E-state index in [2.05, 4.69) is 19.9 Å². The Bertz CT molecular complexity index is 1280. The van der Waals surface area contributed by atoms with E-state index in [4.69, 9.17) is 9.47 Å². The number of nitrogens with zero attached hydrogens (tertiary/aromatic N) is 5. The lowest BCUT2D eigenvalue weighted by Gasteiger charge is -2.26. The van der Waals surface area contributed by atoms with Crippen molar-refractivity contribution in [3.05, 3.63) is 71.6 Å². The van der Waals surface area contributed by atoms with Crippen molar-refractivity contribution in [2.45, 2.75) is 20.4 Å². The van der Waals surface area contributed by atoms with E-state index in [1.807, 2.05) is 41.8 Å². The van der Waals surface area contributed by atoms with Crippen LogP contribution in [-0.2, 0) is 11.3 Å². The number of aryl methyl sites for hydroxylation is 2. The van der Waals surface area contributed by atoms with Crippen LogP contribution in [0.4, 0.5) is 4.39 Å². The third kappa shape index (κ3) is 4.78. The zero-order valence-electron chi connectivity index (χ0n) is 19.5. The molecule has 0 atom stereocenters. The Morgan fingerprint density at radius 3 is 2.65 bits per heavy atom. The van der Waals surface area contributed by atoms with Gasteiger partial charge in [0.15, 0.2) is 17.4 Å². The average Bonchev–Trinajstić information content (AvgIpc) is 3.18. The minimum absolute atomic E-state index is 0.221. The Labute approximate surface area is 198 Å². The second-order valence-electron chi connectivity index (χ2n) is 8.55. The predicted octanol–water partition coefficient (Wildman–Crippen LogP) is 4.01. The van der Waals surface area contributed by atoms with Gasteiger partial charge in [-0.05, 0) is 37.1 Å². The normalized spacial score (nSPS) is 14.6. The van der Waals surface area contributed by atoms with Gasteiger partial charge < -0.3 is 14.0 Å². The highest BCUT2D eigenvalue weighted by Crippen LogP contribution is 2.24. The quantitative estimate of drug-likeness (QED) is 0.414. The summed E-state index contributed by atoms with van der Waals surface area (Å²) in [7, 11) is 0. The number of hydrogen-bond donors (Lipinski definition) is 0. The molecule has 0 N–H and O–H groups in total. The first-order chi connectivity index (χ1) is 16.6. The molecule has 0 aliphatic carbocycles. The van der Waals surface area contributed by atoms with Gasteiger partial charge in [-0.25, -0.2) is 19.3 Å². The lowest BCUT2D eigenvalue weighted by atomic mass is 10.1. The maximum atomic E-state index is 14.9. The van der Waals surface area contributed by atoms with Gasteiger partial charge in [-0.3, -0.25) is 4.90 Å². The van der Waals surface area contributed by atoms with Crippen LogP contribution in [0.1, 0.15) is 17.0 Å². The molecule has 8 heteroatoms. The van der Waals surface area contributed by atoms with Gasteiger partial charge >= 0.3 is 0 Å². The van der Waals surface area contributed by atoms with Crippen LogP contribution in [0, 0.1) is 19.7 Å². The third-order valence-electron chi connectivity index (χ3n) is 6.16. The minimum atomic E-state index is -0.221. The first kappa shape index (κ1) is 22.4. The third-order valence-corrected chi connectivity index (χ3v) is 6.16. The molecule has 0 bridgehead atoms. The molecule has 3 heterocycles. The van der Waals surface area contributed by atoms with Crippen LogP contribution in [-0.4, -0.2) is 63.9 Å². The van der Waals surface area contributed by atoms with Crippen LogP contribution < -0.4 is 4.74 Å². The maximum Gasteiger partial charge on any atom is 0.159 e. The van der Waals surface area contributed by atoms with E-state index in [0.29, 0.717) is 41.3 Å². The van der Waals surface area contributed by atoms with Crippen LogP contribution >= 0.6 is 0 Å². The van der Waals surface area contributed by atoms with E-state index in [-0.39, 0.29) is 5.82 Å². The van der Waals surface area contributed by atoms with Crippen molar-refractivity contribution in [2.24, 2.45) is 0 Å². The number of halogens is 1. The molecule has 0 spiro atoms. The summed E-state index contributed by atoms with van der Waals surface area (Å²) in [6, 6.07) is 11.6. The predicted molar refractivity (Wildman–Crippen MR) is 128 cm³/mol. The molecule has 1 fully saturated rings. The summed E-state index contributed by atoms with van der Waals surface area (Å²) in [6.45, 7) is 9.08. The van der Waals surface area contributed by atoms with Crippen LogP contribution in [0.2, 0.25) is 0 Å². The van der Waals surface area contributed by atoms with Gasteiger partial charge in [0.1, 0.15) is 17.9 Å². The monoisotopic (exact) mass is 461 g/mol. The van der Waals surface area contributed by atoms with E-state index in [9.17, 15) is 4.39 Å². The summed E-state index contributed by atoms with van der Waals surface area (Å²) >= 11 is 0. The summed E-state index contributed by atoms with van der Waals surface area (Å²) in [5.74, 6) is 1.83. The van der Waals surface area contributed by atoms with Crippen molar-refractivity contribution >= 4 is 11.0 Å². The second kappa shape index (κ2) is 9.87. The van der Waals surface area contributed by atoms with E-state index >= 15 is 0 Å². The Hall–Kier alpha value is -3.36. The molecule has 2 aromatic heterocycles. The Morgan fingerprint density at radius 2 is 1.85 bits per heavy atom. The zero-order valence-corrected chi connectivity index (χ0v) is 19.5. The minimum Gasteiger partial charge on any atom is -0.489 e. The van der Waals surface area contributed by atoms with Crippen molar-refractivity contribution in [1.82, 2.24) is 24.4 Å². The van der Waals surface area contributed by atoms with Gasteiger partial charge in [0.25, 0.3) is 0 Å². The van der Waals surface area contributed by atoms with Crippen molar-refractivity contribution < 1.29 is 13.9 Å². The standard InChI is InChI=1S/C26H28FN5O2/c1-18-6-7-23-25(24(18)27)32(19(2)30-23)17-20-4-3-5-21(14-20)26-28-15-22(16-29-26)34-13-10-31-8-11-33-12-9-31/h3-7,14-16H,8-13,17H2,1-2H3. The van der Waals surface area contributed by atoms with Gasteiger partial charge in [-0.15, -0.1) is 0 Å². The first-order valence-electron chi connectivity index (χ1n) is 11.5. The van der Waals surface area contributed by atoms with Crippen LogP contribution in [0.15, 0.2) is 48.8 Å². The van der Waals surface area contributed by atoms with Crippen molar-refractivity contribution in [3.8, 4) is 17.1 Å². The number of imidazole rings is 1. The molecule has 176 valence electrons. The van der Waals surface area contributed by atoms with Gasteiger partial charge in [0, 0.05) is 31.7 Å². The molecule has 7 nitrogen and oxygen atoms in total. The highest BCUT2D eigenvalue weighted by molar-refractivity contribution is 5.78. The molecule has 0 amide bonds. The largest absolute Gasteiger partial charge is 0.489 e. The molecular weight excluding hydrogens is 433 g/mol. The fourth-order valence-corrected chi connectivity index (χ4v) is 4.24. The Morgan fingerprint density at radius 1 is 1.06 bits per heavy atom. The molecule has 0 unspecified atom stereocenters. The van der Waals surface area contributed by atoms with Gasteiger partial charge in [0.05, 0.1) is 31.1 Å². The topological polar surface area (TPSA) is 65.3 Å². The molecule has 1 aliphatic heterocycles. The van der Waals surface area contributed by atoms with Crippen molar-refractivity contribution in [1.29, 1.82) is 0 Å². The molecule has 0 saturated carbocycles. The van der Waals surface area contributed by atoms with E-state index < -0.39 is 0 Å². The van der Waals surface area contributed by atoms with E-state index in [0.717, 1.165) is 49.8 Å². The first-order valence-corrected chi connectivity index (χ1v) is 11.5. The summed E-state index contributed by atoms with van der Waals surface area (Å²) in [4.78, 5) is 15.8. The van der Waals surface area contributed by atoms with Gasteiger partial charge in [0.2, 0.25) is 0 Å². The molecule has 5 rings (SSSR count). The lowest BCUT2D eigenvalue weighted by molar-refractivity contribution is 0.0322. The highest BCUT2D eigenvalue weighted by Gasteiger charge is 2.15.